The topological polar surface area (TPSA) is 23.4 Å². The summed E-state index contributed by atoms with van der Waals surface area (Å²) in [6.45, 7) is 2.22. The van der Waals surface area contributed by atoms with E-state index in [-0.39, 0.29) is 6.71 Å². The molecule has 254 valence electrons. The van der Waals surface area contributed by atoms with Crippen molar-refractivity contribution in [3.05, 3.63) is 194 Å². The monoisotopic (exact) mass is 707 g/mol. The van der Waals surface area contributed by atoms with E-state index >= 15 is 0 Å². The lowest BCUT2D eigenvalue weighted by Crippen LogP contribution is -2.74. The lowest BCUT2D eigenvalue weighted by Gasteiger charge is -2.34. The Morgan fingerprint density at radius 1 is 0.426 bits per heavy atom. The van der Waals surface area contributed by atoms with Crippen LogP contribution in [0.1, 0.15) is 5.56 Å². The summed E-state index contributed by atoms with van der Waals surface area (Å²) in [5.74, 6) is 3.45. The van der Waals surface area contributed by atoms with E-state index in [2.05, 4.69) is 200 Å². The lowest BCUT2D eigenvalue weighted by molar-refractivity contribution is 0.464. The molecular formula is C49H34BNO2Si. The summed E-state index contributed by atoms with van der Waals surface area (Å²) in [4.78, 5) is 0. The molecule has 9 aromatic rings. The summed E-state index contributed by atoms with van der Waals surface area (Å²) >= 11 is 0. The standard InChI is InChI=1S/C49H34BNO2Si/c1-33-25-27-43-39(29-33)40-32-38(54(35-15-5-2-6-16-35,36-17-7-3-8-18-36)37-19-9-4-10-20-37)26-28-44(40)51(43)34-30-47-49-48(31-34)53-46-24-14-12-22-42(46)50(49)41-21-11-13-23-45(41)52-47/h2-32H,1H3. The van der Waals surface area contributed by atoms with Crippen LogP contribution in [-0.4, -0.2) is 19.4 Å². The summed E-state index contributed by atoms with van der Waals surface area (Å²) in [7, 11) is -2.74. The number of fused-ring (bicyclic) bond motifs is 7. The number of para-hydroxylation sites is 2. The number of benzene rings is 8. The number of aryl methyl sites for hydroxylation is 1. The van der Waals surface area contributed by atoms with Crippen molar-refractivity contribution in [1.29, 1.82) is 0 Å². The zero-order valence-electron chi connectivity index (χ0n) is 29.7. The zero-order valence-corrected chi connectivity index (χ0v) is 30.7. The van der Waals surface area contributed by atoms with Crippen LogP contribution in [0.3, 0.4) is 0 Å². The smallest absolute Gasteiger partial charge is 0.260 e. The first-order valence-corrected chi connectivity index (χ1v) is 20.6. The highest BCUT2D eigenvalue weighted by Gasteiger charge is 2.42. The van der Waals surface area contributed by atoms with Crippen LogP contribution < -0.4 is 46.6 Å². The Kier molecular flexibility index (Phi) is 6.88. The Hall–Kier alpha value is -6.56. The number of aromatic nitrogens is 1. The van der Waals surface area contributed by atoms with Crippen LogP contribution in [0.5, 0.6) is 23.0 Å². The van der Waals surface area contributed by atoms with Gasteiger partial charge in [-0.05, 0) is 68.9 Å². The number of rotatable bonds is 5. The summed E-state index contributed by atoms with van der Waals surface area (Å²) in [6, 6.07) is 68.7. The second kappa shape index (κ2) is 12.0. The van der Waals surface area contributed by atoms with Gasteiger partial charge >= 0.3 is 0 Å². The molecule has 2 aliphatic rings. The Balaban J connectivity index is 1.18. The van der Waals surface area contributed by atoms with Gasteiger partial charge in [0.1, 0.15) is 23.0 Å². The van der Waals surface area contributed by atoms with Gasteiger partial charge in [-0.15, -0.1) is 0 Å². The molecule has 0 aliphatic carbocycles. The number of nitrogens with zero attached hydrogens (tertiary/aromatic N) is 1. The second-order valence-electron chi connectivity index (χ2n) is 14.5. The first-order valence-electron chi connectivity index (χ1n) is 18.6. The van der Waals surface area contributed by atoms with Crippen molar-refractivity contribution in [1.82, 2.24) is 4.57 Å². The van der Waals surface area contributed by atoms with Crippen molar-refractivity contribution in [2.45, 2.75) is 6.92 Å². The van der Waals surface area contributed by atoms with Crippen LogP contribution in [0, 0.1) is 6.92 Å². The minimum absolute atomic E-state index is 0.0364. The summed E-state index contributed by atoms with van der Waals surface area (Å²) in [5, 5.41) is 7.89. The minimum atomic E-state index is -2.74. The van der Waals surface area contributed by atoms with E-state index in [0.717, 1.165) is 56.1 Å². The van der Waals surface area contributed by atoms with E-state index in [1.807, 2.05) is 0 Å². The third-order valence-corrected chi connectivity index (χ3v) is 16.3. The molecule has 5 heteroatoms. The molecule has 1 aromatic heterocycles. The van der Waals surface area contributed by atoms with Crippen LogP contribution in [0.15, 0.2) is 188 Å². The maximum atomic E-state index is 6.74. The van der Waals surface area contributed by atoms with Crippen LogP contribution in [-0.2, 0) is 0 Å². The van der Waals surface area contributed by atoms with Gasteiger partial charge in [0, 0.05) is 28.4 Å². The van der Waals surface area contributed by atoms with Crippen molar-refractivity contribution >= 4 is 73.7 Å². The SMILES string of the molecule is Cc1ccc2c(c1)c1cc([Si](c3ccccc3)(c3ccccc3)c3ccccc3)ccc1n2-c1cc2c3c(c1)Oc1ccccc1B3c1ccccc1O2. The van der Waals surface area contributed by atoms with Crippen molar-refractivity contribution in [3.8, 4) is 28.7 Å². The third kappa shape index (κ3) is 4.49. The first-order chi connectivity index (χ1) is 26.7. The van der Waals surface area contributed by atoms with Crippen molar-refractivity contribution < 1.29 is 9.47 Å². The summed E-state index contributed by atoms with van der Waals surface area (Å²) in [5.41, 5.74) is 7.95. The molecule has 2 aliphatic heterocycles. The van der Waals surface area contributed by atoms with E-state index in [1.165, 1.54) is 37.1 Å². The molecule has 0 amide bonds. The Labute approximate surface area is 315 Å². The number of hydrogen-bond donors (Lipinski definition) is 0. The quantitative estimate of drug-likeness (QED) is 0.140. The highest BCUT2D eigenvalue weighted by Crippen LogP contribution is 2.39. The first kappa shape index (κ1) is 31.0. The van der Waals surface area contributed by atoms with Gasteiger partial charge in [0.25, 0.3) is 6.71 Å². The molecule has 0 radical (unpaired) electrons. The van der Waals surface area contributed by atoms with Gasteiger partial charge in [-0.1, -0.05) is 151 Å². The maximum absolute atomic E-state index is 6.74. The molecule has 54 heavy (non-hydrogen) atoms. The van der Waals surface area contributed by atoms with Crippen molar-refractivity contribution in [2.24, 2.45) is 0 Å². The highest BCUT2D eigenvalue weighted by atomic mass is 28.3. The third-order valence-electron chi connectivity index (χ3n) is 11.5. The molecule has 3 heterocycles. The zero-order chi connectivity index (χ0) is 35.8. The average Bonchev–Trinajstić information content (AvgIpc) is 3.55. The van der Waals surface area contributed by atoms with E-state index in [9.17, 15) is 0 Å². The predicted octanol–water partition coefficient (Wildman–Crippen LogP) is 7.20. The largest absolute Gasteiger partial charge is 0.458 e. The Bertz CT molecular complexity index is 2740. The highest BCUT2D eigenvalue weighted by molar-refractivity contribution is 7.20. The van der Waals surface area contributed by atoms with E-state index < -0.39 is 8.07 Å². The predicted molar refractivity (Wildman–Crippen MR) is 227 cm³/mol. The van der Waals surface area contributed by atoms with E-state index in [4.69, 9.17) is 9.47 Å². The molecule has 0 N–H and O–H groups in total. The van der Waals surface area contributed by atoms with Crippen molar-refractivity contribution in [2.75, 3.05) is 0 Å². The fourth-order valence-electron chi connectivity index (χ4n) is 9.22. The normalized spacial score (nSPS) is 12.8. The van der Waals surface area contributed by atoms with Crippen molar-refractivity contribution in [3.63, 3.8) is 0 Å². The van der Waals surface area contributed by atoms with Gasteiger partial charge in [-0.2, -0.15) is 0 Å². The van der Waals surface area contributed by atoms with Gasteiger partial charge in [0.05, 0.1) is 16.7 Å². The molecule has 0 bridgehead atoms. The van der Waals surface area contributed by atoms with Gasteiger partial charge in [0.2, 0.25) is 0 Å². The van der Waals surface area contributed by atoms with E-state index in [0.29, 0.717) is 0 Å². The van der Waals surface area contributed by atoms with Crippen LogP contribution >= 0.6 is 0 Å². The molecule has 0 saturated heterocycles. The number of hydrogen-bond acceptors (Lipinski definition) is 2. The molecule has 11 rings (SSSR count). The van der Waals surface area contributed by atoms with Gasteiger partial charge in [0.15, 0.2) is 8.07 Å². The molecular weight excluding hydrogens is 673 g/mol. The van der Waals surface area contributed by atoms with Gasteiger partial charge < -0.3 is 14.0 Å². The van der Waals surface area contributed by atoms with Gasteiger partial charge in [-0.3, -0.25) is 0 Å². The van der Waals surface area contributed by atoms with Crippen LogP contribution in [0.25, 0.3) is 27.5 Å². The lowest BCUT2D eigenvalue weighted by atomic mass is 9.35. The minimum Gasteiger partial charge on any atom is -0.458 e. The molecule has 0 fully saturated rings. The fraction of sp³-hybridized carbons (Fsp3) is 0.0204. The summed E-state index contributed by atoms with van der Waals surface area (Å²) in [6.07, 6.45) is 0. The maximum Gasteiger partial charge on any atom is 0.260 e. The Morgan fingerprint density at radius 3 is 1.43 bits per heavy atom. The van der Waals surface area contributed by atoms with Gasteiger partial charge in [-0.25, -0.2) is 0 Å². The molecule has 0 unspecified atom stereocenters. The molecule has 3 nitrogen and oxygen atoms in total. The molecule has 0 saturated carbocycles. The van der Waals surface area contributed by atoms with E-state index in [1.54, 1.807) is 0 Å². The average molecular weight is 708 g/mol. The molecule has 0 atom stereocenters. The molecule has 0 spiro atoms. The number of ether oxygens (including phenoxy) is 2. The fourth-order valence-corrected chi connectivity index (χ4v) is 14.0. The van der Waals surface area contributed by atoms with Crippen LogP contribution in [0.4, 0.5) is 0 Å². The van der Waals surface area contributed by atoms with Crippen LogP contribution in [0.2, 0.25) is 0 Å². The Morgan fingerprint density at radius 2 is 0.889 bits per heavy atom. The molecule has 8 aromatic carbocycles. The second-order valence-corrected chi connectivity index (χ2v) is 18.3. The summed E-state index contributed by atoms with van der Waals surface area (Å²) < 4.78 is 15.9.